The van der Waals surface area contributed by atoms with Crippen LogP contribution in [0.5, 0.6) is 0 Å². The van der Waals surface area contributed by atoms with Crippen LogP contribution >= 0.6 is 0 Å². The molecule has 0 radical (unpaired) electrons. The number of oxazole rings is 1. The summed E-state index contributed by atoms with van der Waals surface area (Å²) in [6, 6.07) is 16.5. The minimum Gasteiger partial charge on any atom is -0.440 e. The Morgan fingerprint density at radius 1 is 0.895 bits per heavy atom. The molecule has 0 spiro atoms. The molecule has 3 rings (SSSR count). The normalized spacial score (nSPS) is 11.9. The zero-order valence-electron chi connectivity index (χ0n) is 11.5. The fraction of sp³-hybridized carbons (Fsp3) is 0.235. The van der Waals surface area contributed by atoms with E-state index in [0.717, 1.165) is 22.6 Å². The third-order valence-corrected chi connectivity index (χ3v) is 3.14. The molecule has 0 unspecified atom stereocenters. The van der Waals surface area contributed by atoms with Crippen LogP contribution in [0, 0.1) is 0 Å². The SMILES string of the molecule is CC(C)(C)c1nc2ccc(-c3ccccc3)cc2o1. The summed E-state index contributed by atoms with van der Waals surface area (Å²) >= 11 is 0. The predicted molar refractivity (Wildman–Crippen MR) is 78.1 cm³/mol. The minimum atomic E-state index is -0.0636. The van der Waals surface area contributed by atoms with Crippen LogP contribution in [0.3, 0.4) is 0 Å². The number of hydrogen-bond acceptors (Lipinski definition) is 2. The molecule has 0 atom stereocenters. The summed E-state index contributed by atoms with van der Waals surface area (Å²) in [5.74, 6) is 0.785. The average Bonchev–Trinajstić information content (AvgIpc) is 2.82. The van der Waals surface area contributed by atoms with E-state index in [4.69, 9.17) is 4.42 Å². The van der Waals surface area contributed by atoms with Gasteiger partial charge < -0.3 is 4.42 Å². The van der Waals surface area contributed by atoms with Crippen molar-refractivity contribution in [2.24, 2.45) is 0 Å². The van der Waals surface area contributed by atoms with Gasteiger partial charge in [0.15, 0.2) is 5.58 Å². The van der Waals surface area contributed by atoms with Crippen molar-refractivity contribution >= 4 is 11.1 Å². The van der Waals surface area contributed by atoms with Gasteiger partial charge in [-0.2, -0.15) is 0 Å². The van der Waals surface area contributed by atoms with Crippen molar-refractivity contribution in [3.63, 3.8) is 0 Å². The van der Waals surface area contributed by atoms with Crippen LogP contribution in [0.25, 0.3) is 22.2 Å². The van der Waals surface area contributed by atoms with Gasteiger partial charge in [0.2, 0.25) is 5.89 Å². The van der Waals surface area contributed by atoms with Crippen molar-refractivity contribution in [3.05, 3.63) is 54.4 Å². The maximum atomic E-state index is 5.88. The van der Waals surface area contributed by atoms with Gasteiger partial charge in [0.1, 0.15) is 5.52 Å². The van der Waals surface area contributed by atoms with Crippen molar-refractivity contribution in [3.8, 4) is 11.1 Å². The number of nitrogens with zero attached hydrogens (tertiary/aromatic N) is 1. The van der Waals surface area contributed by atoms with Gasteiger partial charge in [-0.3, -0.25) is 0 Å². The zero-order valence-corrected chi connectivity index (χ0v) is 11.5. The fourth-order valence-corrected chi connectivity index (χ4v) is 2.06. The Kier molecular flexibility index (Phi) is 2.67. The van der Waals surface area contributed by atoms with E-state index in [-0.39, 0.29) is 5.41 Å². The largest absolute Gasteiger partial charge is 0.440 e. The monoisotopic (exact) mass is 251 g/mol. The summed E-state index contributed by atoms with van der Waals surface area (Å²) in [5, 5.41) is 0. The lowest BCUT2D eigenvalue weighted by Gasteiger charge is -2.11. The van der Waals surface area contributed by atoms with Crippen molar-refractivity contribution in [1.29, 1.82) is 0 Å². The van der Waals surface area contributed by atoms with E-state index in [0.29, 0.717) is 0 Å². The van der Waals surface area contributed by atoms with Crippen LogP contribution in [-0.4, -0.2) is 4.98 Å². The van der Waals surface area contributed by atoms with E-state index >= 15 is 0 Å². The number of fused-ring (bicyclic) bond motifs is 1. The van der Waals surface area contributed by atoms with Crippen LogP contribution < -0.4 is 0 Å². The first-order valence-corrected chi connectivity index (χ1v) is 6.50. The molecule has 2 aromatic carbocycles. The Hall–Kier alpha value is -2.09. The van der Waals surface area contributed by atoms with Gasteiger partial charge in [0.25, 0.3) is 0 Å². The summed E-state index contributed by atoms with van der Waals surface area (Å²) in [7, 11) is 0. The molecule has 0 saturated heterocycles. The molecular weight excluding hydrogens is 234 g/mol. The van der Waals surface area contributed by atoms with Crippen LogP contribution in [0.1, 0.15) is 26.7 Å². The highest BCUT2D eigenvalue weighted by Gasteiger charge is 2.20. The molecule has 0 aliphatic rings. The van der Waals surface area contributed by atoms with Crippen molar-refractivity contribution in [2.45, 2.75) is 26.2 Å². The molecule has 96 valence electrons. The second-order valence-electron chi connectivity index (χ2n) is 5.82. The molecule has 0 bridgehead atoms. The first-order chi connectivity index (χ1) is 9.04. The highest BCUT2D eigenvalue weighted by Crippen LogP contribution is 2.29. The summed E-state index contributed by atoms with van der Waals surface area (Å²) in [4.78, 5) is 4.55. The molecule has 3 aromatic rings. The first kappa shape index (κ1) is 12.0. The van der Waals surface area contributed by atoms with Crippen LogP contribution in [0.4, 0.5) is 0 Å². The number of hydrogen-bond donors (Lipinski definition) is 0. The van der Waals surface area contributed by atoms with Gasteiger partial charge >= 0.3 is 0 Å². The lowest BCUT2D eigenvalue weighted by Crippen LogP contribution is -2.10. The lowest BCUT2D eigenvalue weighted by molar-refractivity contribution is 0.411. The van der Waals surface area contributed by atoms with E-state index in [1.165, 1.54) is 5.56 Å². The van der Waals surface area contributed by atoms with Gasteiger partial charge in [-0.1, -0.05) is 57.2 Å². The quantitative estimate of drug-likeness (QED) is 0.621. The summed E-state index contributed by atoms with van der Waals surface area (Å²) in [6.45, 7) is 6.32. The average molecular weight is 251 g/mol. The van der Waals surface area contributed by atoms with Crippen molar-refractivity contribution < 1.29 is 4.42 Å². The van der Waals surface area contributed by atoms with Gasteiger partial charge in [0, 0.05) is 5.41 Å². The Morgan fingerprint density at radius 2 is 1.63 bits per heavy atom. The third-order valence-electron chi connectivity index (χ3n) is 3.14. The second-order valence-corrected chi connectivity index (χ2v) is 5.82. The zero-order chi connectivity index (χ0) is 13.5. The molecule has 0 aliphatic carbocycles. The standard InChI is InChI=1S/C17H17NO/c1-17(2,3)16-18-14-10-9-13(11-15(14)19-16)12-7-5-4-6-8-12/h4-11H,1-3H3. The van der Waals surface area contributed by atoms with Crippen LogP contribution in [0.15, 0.2) is 52.9 Å². The van der Waals surface area contributed by atoms with Crippen molar-refractivity contribution in [2.75, 3.05) is 0 Å². The molecule has 2 nitrogen and oxygen atoms in total. The van der Waals surface area contributed by atoms with Crippen molar-refractivity contribution in [1.82, 2.24) is 4.98 Å². The van der Waals surface area contributed by atoms with E-state index in [9.17, 15) is 0 Å². The first-order valence-electron chi connectivity index (χ1n) is 6.50. The molecule has 0 N–H and O–H groups in total. The van der Waals surface area contributed by atoms with Crippen LogP contribution in [-0.2, 0) is 5.41 Å². The molecule has 0 saturated carbocycles. The summed E-state index contributed by atoms with van der Waals surface area (Å²) in [5.41, 5.74) is 4.06. The van der Waals surface area contributed by atoms with Gasteiger partial charge in [-0.15, -0.1) is 0 Å². The minimum absolute atomic E-state index is 0.0636. The Bertz CT molecular complexity index is 705. The number of benzene rings is 2. The maximum Gasteiger partial charge on any atom is 0.200 e. The molecule has 0 fully saturated rings. The highest BCUT2D eigenvalue weighted by molar-refractivity contribution is 5.80. The third kappa shape index (κ3) is 2.26. The molecule has 1 aromatic heterocycles. The van der Waals surface area contributed by atoms with Gasteiger partial charge in [0.05, 0.1) is 0 Å². The molecule has 2 heteroatoms. The smallest absolute Gasteiger partial charge is 0.200 e. The topological polar surface area (TPSA) is 26.0 Å². The summed E-state index contributed by atoms with van der Waals surface area (Å²) < 4.78 is 5.88. The Labute approximate surface area is 113 Å². The molecule has 19 heavy (non-hydrogen) atoms. The molecule has 0 aliphatic heterocycles. The number of aromatic nitrogens is 1. The Balaban J connectivity index is 2.11. The van der Waals surface area contributed by atoms with E-state index < -0.39 is 0 Å². The summed E-state index contributed by atoms with van der Waals surface area (Å²) in [6.07, 6.45) is 0. The fourth-order valence-electron chi connectivity index (χ4n) is 2.06. The van der Waals surface area contributed by atoms with E-state index in [1.54, 1.807) is 0 Å². The molecular formula is C17H17NO. The maximum absolute atomic E-state index is 5.88. The Morgan fingerprint density at radius 3 is 2.32 bits per heavy atom. The lowest BCUT2D eigenvalue weighted by atomic mass is 9.97. The van der Waals surface area contributed by atoms with Crippen LogP contribution in [0.2, 0.25) is 0 Å². The second kappa shape index (κ2) is 4.23. The molecule has 0 amide bonds. The predicted octanol–water partition coefficient (Wildman–Crippen LogP) is 4.79. The molecule has 1 heterocycles. The van der Waals surface area contributed by atoms with E-state index in [1.807, 2.05) is 24.3 Å². The van der Waals surface area contributed by atoms with Gasteiger partial charge in [-0.25, -0.2) is 4.98 Å². The van der Waals surface area contributed by atoms with E-state index in [2.05, 4.69) is 50.0 Å². The van der Waals surface area contributed by atoms with Gasteiger partial charge in [-0.05, 0) is 23.3 Å². The highest BCUT2D eigenvalue weighted by atomic mass is 16.3. The number of rotatable bonds is 1.